The highest BCUT2D eigenvalue weighted by atomic mass is 16.5. The Morgan fingerprint density at radius 2 is 1.84 bits per heavy atom. The van der Waals surface area contributed by atoms with E-state index in [1.54, 1.807) is 18.6 Å². The number of hydrogen-bond acceptors (Lipinski definition) is 6. The van der Waals surface area contributed by atoms with E-state index in [4.69, 9.17) is 15.7 Å². The minimum Gasteiger partial charge on any atom is -0.489 e. The third kappa shape index (κ3) is 5.43. The summed E-state index contributed by atoms with van der Waals surface area (Å²) in [6.45, 7) is 6.86. The van der Waals surface area contributed by atoms with Crippen molar-refractivity contribution in [1.29, 1.82) is 0 Å². The molecule has 0 spiro atoms. The molecule has 38 heavy (non-hydrogen) atoms. The lowest BCUT2D eigenvalue weighted by atomic mass is 9.85. The number of carbonyl (C=O) groups excluding carboxylic acids is 3. The molecular formula is C29H34N4O5. The molecule has 2 aromatic carbocycles. The van der Waals surface area contributed by atoms with Crippen molar-refractivity contribution in [2.45, 2.75) is 51.8 Å². The van der Waals surface area contributed by atoms with Crippen LogP contribution in [-0.2, 0) is 26.5 Å². The van der Waals surface area contributed by atoms with Gasteiger partial charge in [-0.15, -0.1) is 0 Å². The van der Waals surface area contributed by atoms with Gasteiger partial charge in [0.05, 0.1) is 6.42 Å². The van der Waals surface area contributed by atoms with Crippen LogP contribution in [0.25, 0.3) is 0 Å². The van der Waals surface area contributed by atoms with E-state index >= 15 is 0 Å². The van der Waals surface area contributed by atoms with Gasteiger partial charge in [-0.05, 0) is 49.6 Å². The van der Waals surface area contributed by atoms with Crippen molar-refractivity contribution >= 4 is 17.7 Å². The fourth-order valence-corrected chi connectivity index (χ4v) is 5.36. The topological polar surface area (TPSA) is 125 Å². The van der Waals surface area contributed by atoms with Crippen LogP contribution in [0.5, 0.6) is 5.75 Å². The van der Waals surface area contributed by atoms with Gasteiger partial charge in [-0.2, -0.15) is 0 Å². The van der Waals surface area contributed by atoms with Crippen LogP contribution in [0.4, 0.5) is 0 Å². The van der Waals surface area contributed by atoms with Crippen LogP contribution >= 0.6 is 0 Å². The van der Waals surface area contributed by atoms with Gasteiger partial charge in [-0.25, -0.2) is 5.48 Å². The average Bonchev–Trinajstić information content (AvgIpc) is 3.23. The fourth-order valence-electron chi connectivity index (χ4n) is 5.36. The molecule has 0 aromatic heterocycles. The van der Waals surface area contributed by atoms with Gasteiger partial charge in [0.25, 0.3) is 11.8 Å². The predicted molar refractivity (Wildman–Crippen MR) is 142 cm³/mol. The zero-order valence-corrected chi connectivity index (χ0v) is 21.9. The molecule has 3 amide bonds. The summed E-state index contributed by atoms with van der Waals surface area (Å²) in [7, 11) is 0. The number of hydroxylamine groups is 1. The van der Waals surface area contributed by atoms with Crippen molar-refractivity contribution < 1.29 is 24.3 Å². The number of hydrogen-bond donors (Lipinski definition) is 3. The van der Waals surface area contributed by atoms with Gasteiger partial charge in [0, 0.05) is 25.7 Å². The molecule has 1 saturated heterocycles. The SMILES string of the molecule is Cc1cc(C)cc(COc2ccc(C3(N4C=C(CC(N)=O)C=CC4)CCN([C@H](C)C(=O)NO)C3=O)cc2)c1. The van der Waals surface area contributed by atoms with E-state index in [0.717, 1.165) is 11.1 Å². The first-order valence-corrected chi connectivity index (χ1v) is 12.6. The van der Waals surface area contributed by atoms with Crippen LogP contribution in [-0.4, -0.2) is 51.9 Å². The minimum absolute atomic E-state index is 0.0511. The lowest BCUT2D eigenvalue weighted by Gasteiger charge is -2.41. The fraction of sp³-hybridized carbons (Fsp3) is 0.345. The van der Waals surface area contributed by atoms with E-state index in [9.17, 15) is 14.4 Å². The summed E-state index contributed by atoms with van der Waals surface area (Å²) < 4.78 is 6.03. The number of primary amides is 1. The van der Waals surface area contributed by atoms with Crippen LogP contribution in [0.2, 0.25) is 0 Å². The van der Waals surface area contributed by atoms with E-state index in [1.807, 2.05) is 41.3 Å². The number of nitrogens with one attached hydrogen (secondary N) is 1. The van der Waals surface area contributed by atoms with Gasteiger partial charge in [-0.3, -0.25) is 19.6 Å². The number of aryl methyl sites for hydroxylation is 2. The molecular weight excluding hydrogens is 484 g/mol. The quantitative estimate of drug-likeness (QED) is 0.346. The van der Waals surface area contributed by atoms with Gasteiger partial charge in [-0.1, -0.05) is 53.6 Å². The molecule has 2 heterocycles. The summed E-state index contributed by atoms with van der Waals surface area (Å²) in [5, 5.41) is 9.14. The highest BCUT2D eigenvalue weighted by molar-refractivity contribution is 5.94. The molecule has 4 N–H and O–H groups in total. The van der Waals surface area contributed by atoms with Gasteiger partial charge in [0.15, 0.2) is 0 Å². The lowest BCUT2D eigenvalue weighted by molar-refractivity contribution is -0.146. The van der Waals surface area contributed by atoms with Gasteiger partial charge in [0.2, 0.25) is 5.91 Å². The number of amides is 3. The highest BCUT2D eigenvalue weighted by Gasteiger charge is 2.53. The largest absolute Gasteiger partial charge is 0.489 e. The van der Waals surface area contributed by atoms with Gasteiger partial charge >= 0.3 is 0 Å². The maximum Gasteiger partial charge on any atom is 0.265 e. The summed E-state index contributed by atoms with van der Waals surface area (Å²) >= 11 is 0. The molecule has 200 valence electrons. The molecule has 0 aliphatic carbocycles. The smallest absolute Gasteiger partial charge is 0.265 e. The molecule has 9 heteroatoms. The van der Waals surface area contributed by atoms with Crippen molar-refractivity contribution in [3.05, 3.63) is 88.6 Å². The Morgan fingerprint density at radius 3 is 2.47 bits per heavy atom. The minimum atomic E-state index is -1.11. The zero-order valence-electron chi connectivity index (χ0n) is 21.9. The Hall–Kier alpha value is -4.11. The molecule has 9 nitrogen and oxygen atoms in total. The monoisotopic (exact) mass is 518 g/mol. The average molecular weight is 519 g/mol. The summed E-state index contributed by atoms with van der Waals surface area (Å²) in [6.07, 6.45) is 5.98. The maximum atomic E-state index is 14.0. The van der Waals surface area contributed by atoms with Gasteiger partial charge in [0.1, 0.15) is 23.9 Å². The maximum absolute atomic E-state index is 14.0. The third-order valence-electron chi connectivity index (χ3n) is 7.13. The number of ether oxygens (including phenoxy) is 1. The molecule has 2 aliphatic rings. The van der Waals surface area contributed by atoms with E-state index in [-0.39, 0.29) is 12.3 Å². The standard InChI is InChI=1S/C29H34N4O5/c1-19-13-20(2)15-23(14-19)18-38-25-8-6-24(7-9-25)29(32-11-4-5-22(17-32)16-26(30)34)10-12-33(28(29)36)21(3)27(35)31-37/h4-9,13-15,17,21,37H,10-12,16,18H2,1-3H3,(H2,30,34)(H,31,35)/t21-,29?/m1/s1. The first kappa shape index (κ1) is 26.9. The number of rotatable bonds is 9. The summed E-state index contributed by atoms with van der Waals surface area (Å²) in [6, 6.07) is 12.9. The van der Waals surface area contributed by atoms with E-state index in [1.165, 1.54) is 16.0 Å². The predicted octanol–water partition coefficient (Wildman–Crippen LogP) is 2.84. The molecule has 2 atom stereocenters. The van der Waals surface area contributed by atoms with Crippen molar-refractivity contribution in [3.8, 4) is 5.75 Å². The normalized spacial score (nSPS) is 19.8. The Bertz CT molecular complexity index is 1270. The summed E-state index contributed by atoms with van der Waals surface area (Å²) in [5.74, 6) is -0.716. The molecule has 1 fully saturated rings. The summed E-state index contributed by atoms with van der Waals surface area (Å²) in [4.78, 5) is 41.1. The van der Waals surface area contributed by atoms with E-state index < -0.39 is 23.4 Å². The van der Waals surface area contributed by atoms with Crippen LogP contribution < -0.4 is 16.0 Å². The van der Waals surface area contributed by atoms with Crippen LogP contribution in [0.15, 0.2) is 66.4 Å². The van der Waals surface area contributed by atoms with Crippen molar-refractivity contribution in [2.75, 3.05) is 13.1 Å². The number of nitrogens with two attached hydrogens (primary N) is 1. The van der Waals surface area contributed by atoms with Crippen molar-refractivity contribution in [1.82, 2.24) is 15.3 Å². The molecule has 2 aliphatic heterocycles. The molecule has 0 radical (unpaired) electrons. The molecule has 1 unspecified atom stereocenters. The zero-order chi connectivity index (χ0) is 27.4. The first-order chi connectivity index (χ1) is 18.1. The number of likely N-dealkylation sites (tertiary alicyclic amines) is 1. The van der Waals surface area contributed by atoms with Crippen LogP contribution in [0.1, 0.15) is 42.0 Å². The van der Waals surface area contributed by atoms with Gasteiger partial charge < -0.3 is 20.3 Å². The first-order valence-electron chi connectivity index (χ1n) is 12.6. The molecule has 2 aromatic rings. The van der Waals surface area contributed by atoms with Crippen molar-refractivity contribution in [3.63, 3.8) is 0 Å². The Morgan fingerprint density at radius 1 is 1.16 bits per heavy atom. The number of carbonyl (C=O) groups is 3. The van der Waals surface area contributed by atoms with Crippen LogP contribution in [0.3, 0.4) is 0 Å². The Balaban J connectivity index is 1.64. The van der Waals surface area contributed by atoms with Crippen molar-refractivity contribution in [2.24, 2.45) is 5.73 Å². The lowest BCUT2D eigenvalue weighted by Crippen LogP contribution is -2.53. The second-order valence-electron chi connectivity index (χ2n) is 9.97. The Kier molecular flexibility index (Phi) is 7.87. The highest BCUT2D eigenvalue weighted by Crippen LogP contribution is 2.42. The van der Waals surface area contributed by atoms with Crippen LogP contribution in [0, 0.1) is 13.8 Å². The third-order valence-corrected chi connectivity index (χ3v) is 7.13. The number of benzene rings is 2. The number of nitrogens with zero attached hydrogens (tertiary/aromatic N) is 2. The second kappa shape index (κ2) is 11.1. The number of allylic oxidation sites excluding steroid dienone is 1. The Labute approximate surface area is 222 Å². The van der Waals surface area contributed by atoms with E-state index in [2.05, 4.69) is 32.0 Å². The molecule has 4 rings (SSSR count). The molecule has 0 saturated carbocycles. The second-order valence-corrected chi connectivity index (χ2v) is 9.97. The molecule has 0 bridgehead atoms. The summed E-state index contributed by atoms with van der Waals surface area (Å²) in [5.41, 5.74) is 10.8. The van der Waals surface area contributed by atoms with E-state index in [0.29, 0.717) is 37.4 Å².